The predicted molar refractivity (Wildman–Crippen MR) is 71.7 cm³/mol. The van der Waals surface area contributed by atoms with Crippen molar-refractivity contribution in [3.63, 3.8) is 0 Å². The van der Waals surface area contributed by atoms with Crippen LogP contribution in [0.2, 0.25) is 0 Å². The first kappa shape index (κ1) is 13.0. The number of hydrogen-bond acceptors (Lipinski definition) is 1. The summed E-state index contributed by atoms with van der Waals surface area (Å²) in [4.78, 5) is 0. The van der Waals surface area contributed by atoms with Gasteiger partial charge in [0.25, 0.3) is 0 Å². The van der Waals surface area contributed by atoms with Gasteiger partial charge >= 0.3 is 0 Å². The van der Waals surface area contributed by atoms with Crippen molar-refractivity contribution in [2.24, 2.45) is 0 Å². The van der Waals surface area contributed by atoms with Crippen LogP contribution in [0.5, 0.6) is 0 Å². The fraction of sp³-hybridized carbons (Fsp3) is 0.467. The highest BCUT2D eigenvalue weighted by atomic mass is 14.9. The van der Waals surface area contributed by atoms with Crippen LogP contribution in [0.4, 0.5) is 0 Å². The monoisotopic (exact) mass is 217 g/mol. The van der Waals surface area contributed by atoms with E-state index in [0.717, 1.165) is 13.0 Å². The maximum Gasteiger partial charge on any atom is 0.0339 e. The molecule has 16 heavy (non-hydrogen) atoms. The van der Waals surface area contributed by atoms with E-state index in [4.69, 9.17) is 0 Å². The average molecular weight is 217 g/mol. The SMILES string of the molecule is C=CC(NCCC)C(C)(C)c1ccccc1. The van der Waals surface area contributed by atoms with Crippen LogP contribution in [0.15, 0.2) is 43.0 Å². The minimum atomic E-state index is 0.0815. The second kappa shape index (κ2) is 5.86. The minimum Gasteiger partial charge on any atom is -0.310 e. The van der Waals surface area contributed by atoms with E-state index in [1.807, 2.05) is 6.08 Å². The molecule has 88 valence electrons. The first-order valence-electron chi connectivity index (χ1n) is 6.04. The van der Waals surface area contributed by atoms with Gasteiger partial charge in [0.2, 0.25) is 0 Å². The summed E-state index contributed by atoms with van der Waals surface area (Å²) in [6.45, 7) is 11.7. The molecule has 1 atom stereocenters. The molecule has 1 unspecified atom stereocenters. The lowest BCUT2D eigenvalue weighted by molar-refractivity contribution is 0.394. The zero-order chi connectivity index (χ0) is 12.0. The van der Waals surface area contributed by atoms with Gasteiger partial charge in [0.05, 0.1) is 0 Å². The normalized spacial score (nSPS) is 13.4. The van der Waals surface area contributed by atoms with E-state index in [0.29, 0.717) is 6.04 Å². The van der Waals surface area contributed by atoms with Gasteiger partial charge in [-0.2, -0.15) is 0 Å². The number of nitrogens with one attached hydrogen (secondary N) is 1. The molecule has 0 aliphatic rings. The summed E-state index contributed by atoms with van der Waals surface area (Å²) in [5.74, 6) is 0. The second-order valence-electron chi connectivity index (χ2n) is 4.76. The number of rotatable bonds is 6. The van der Waals surface area contributed by atoms with Gasteiger partial charge in [0.1, 0.15) is 0 Å². The molecule has 1 rings (SSSR count). The third kappa shape index (κ3) is 2.96. The molecule has 0 heterocycles. The Morgan fingerprint density at radius 3 is 2.44 bits per heavy atom. The van der Waals surface area contributed by atoms with E-state index in [-0.39, 0.29) is 5.41 Å². The molecule has 0 aliphatic carbocycles. The van der Waals surface area contributed by atoms with Crippen LogP contribution in [0.3, 0.4) is 0 Å². The fourth-order valence-electron chi connectivity index (χ4n) is 1.98. The van der Waals surface area contributed by atoms with Crippen molar-refractivity contribution in [1.82, 2.24) is 5.32 Å². The van der Waals surface area contributed by atoms with Gasteiger partial charge in [-0.25, -0.2) is 0 Å². The van der Waals surface area contributed by atoms with Crippen molar-refractivity contribution in [3.05, 3.63) is 48.6 Å². The van der Waals surface area contributed by atoms with Gasteiger partial charge in [-0.3, -0.25) is 0 Å². The molecule has 0 aromatic heterocycles. The van der Waals surface area contributed by atoms with Crippen LogP contribution >= 0.6 is 0 Å². The Labute approximate surface area is 99.6 Å². The standard InChI is InChI=1S/C15H23N/c1-5-12-16-14(6-2)15(3,4)13-10-8-7-9-11-13/h6-11,14,16H,2,5,12H2,1,3-4H3. The molecule has 0 amide bonds. The summed E-state index contributed by atoms with van der Waals surface area (Å²) < 4.78 is 0. The lowest BCUT2D eigenvalue weighted by Gasteiger charge is -2.33. The van der Waals surface area contributed by atoms with Crippen molar-refractivity contribution in [3.8, 4) is 0 Å². The Morgan fingerprint density at radius 1 is 1.31 bits per heavy atom. The maximum atomic E-state index is 3.94. The predicted octanol–water partition coefficient (Wildman–Crippen LogP) is 3.52. The molecule has 1 aromatic carbocycles. The molecule has 0 fully saturated rings. The highest BCUT2D eigenvalue weighted by Gasteiger charge is 2.28. The summed E-state index contributed by atoms with van der Waals surface area (Å²) in [7, 11) is 0. The third-order valence-corrected chi connectivity index (χ3v) is 3.15. The average Bonchev–Trinajstić information content (AvgIpc) is 2.31. The van der Waals surface area contributed by atoms with Gasteiger partial charge in [-0.05, 0) is 18.5 Å². The van der Waals surface area contributed by atoms with Crippen LogP contribution in [0.25, 0.3) is 0 Å². The van der Waals surface area contributed by atoms with E-state index in [9.17, 15) is 0 Å². The van der Waals surface area contributed by atoms with Crippen molar-refractivity contribution < 1.29 is 0 Å². The summed E-state index contributed by atoms with van der Waals surface area (Å²) in [5.41, 5.74) is 1.43. The first-order valence-corrected chi connectivity index (χ1v) is 6.04. The first-order chi connectivity index (χ1) is 7.62. The van der Waals surface area contributed by atoms with E-state index in [1.165, 1.54) is 5.56 Å². The molecule has 0 saturated carbocycles. The molecular weight excluding hydrogens is 194 g/mol. The summed E-state index contributed by atoms with van der Waals surface area (Å²) >= 11 is 0. The fourth-order valence-corrected chi connectivity index (χ4v) is 1.98. The van der Waals surface area contributed by atoms with Crippen LogP contribution in [-0.4, -0.2) is 12.6 Å². The Bertz CT molecular complexity index is 313. The van der Waals surface area contributed by atoms with Gasteiger partial charge in [-0.1, -0.05) is 57.2 Å². The Kier molecular flexibility index (Phi) is 4.75. The van der Waals surface area contributed by atoms with Crippen molar-refractivity contribution in [2.45, 2.75) is 38.6 Å². The van der Waals surface area contributed by atoms with Crippen LogP contribution < -0.4 is 5.32 Å². The molecule has 0 bridgehead atoms. The molecule has 1 aromatic rings. The van der Waals surface area contributed by atoms with Gasteiger partial charge in [0, 0.05) is 11.5 Å². The van der Waals surface area contributed by atoms with Crippen LogP contribution in [0.1, 0.15) is 32.8 Å². The van der Waals surface area contributed by atoms with Gasteiger partial charge in [0.15, 0.2) is 0 Å². The van der Waals surface area contributed by atoms with Gasteiger partial charge < -0.3 is 5.32 Å². The quantitative estimate of drug-likeness (QED) is 0.719. The summed E-state index contributed by atoms with van der Waals surface area (Å²) in [5, 5.41) is 3.54. The van der Waals surface area contributed by atoms with Crippen molar-refractivity contribution in [1.29, 1.82) is 0 Å². The lowest BCUT2D eigenvalue weighted by atomic mass is 9.77. The van der Waals surface area contributed by atoms with Gasteiger partial charge in [-0.15, -0.1) is 6.58 Å². The third-order valence-electron chi connectivity index (χ3n) is 3.15. The summed E-state index contributed by atoms with van der Waals surface area (Å²) in [6.07, 6.45) is 3.16. The second-order valence-corrected chi connectivity index (χ2v) is 4.76. The topological polar surface area (TPSA) is 12.0 Å². The molecule has 0 spiro atoms. The van der Waals surface area contributed by atoms with Crippen molar-refractivity contribution >= 4 is 0 Å². The molecule has 0 aliphatic heterocycles. The van der Waals surface area contributed by atoms with E-state index in [1.54, 1.807) is 0 Å². The highest BCUT2D eigenvalue weighted by molar-refractivity contribution is 5.27. The van der Waals surface area contributed by atoms with E-state index in [2.05, 4.69) is 63.0 Å². The number of hydrogen-bond donors (Lipinski definition) is 1. The molecule has 1 nitrogen and oxygen atoms in total. The molecule has 1 N–H and O–H groups in total. The largest absolute Gasteiger partial charge is 0.310 e. The van der Waals surface area contributed by atoms with Crippen LogP contribution in [0, 0.1) is 0 Å². The molecule has 1 heteroatoms. The summed E-state index contributed by atoms with van der Waals surface area (Å²) in [6, 6.07) is 10.9. The van der Waals surface area contributed by atoms with E-state index >= 15 is 0 Å². The minimum absolute atomic E-state index is 0.0815. The van der Waals surface area contributed by atoms with E-state index < -0.39 is 0 Å². The molecule has 0 radical (unpaired) electrons. The smallest absolute Gasteiger partial charge is 0.0339 e. The Morgan fingerprint density at radius 2 is 1.94 bits per heavy atom. The zero-order valence-corrected chi connectivity index (χ0v) is 10.7. The molecular formula is C15H23N. The van der Waals surface area contributed by atoms with Crippen molar-refractivity contribution in [2.75, 3.05) is 6.54 Å². The Hall–Kier alpha value is -1.08. The number of benzene rings is 1. The lowest BCUT2D eigenvalue weighted by Crippen LogP contribution is -2.43. The maximum absolute atomic E-state index is 3.94. The molecule has 0 saturated heterocycles. The zero-order valence-electron chi connectivity index (χ0n) is 10.7. The van der Waals surface area contributed by atoms with Crippen LogP contribution in [-0.2, 0) is 5.41 Å². The highest BCUT2D eigenvalue weighted by Crippen LogP contribution is 2.27. The Balaban J connectivity index is 2.85.